The number of hydrogen-bond acceptors (Lipinski definition) is 2. The molecular weight excluding hydrogens is 224 g/mol. The van der Waals surface area contributed by atoms with Crippen molar-refractivity contribution in [3.63, 3.8) is 0 Å². The molecule has 0 aromatic carbocycles. The third-order valence-corrected chi connectivity index (χ3v) is 3.50. The molecule has 1 aliphatic carbocycles. The van der Waals surface area contributed by atoms with Crippen molar-refractivity contribution in [3.8, 4) is 0 Å². The van der Waals surface area contributed by atoms with E-state index >= 15 is 0 Å². The molecule has 96 valence electrons. The van der Waals surface area contributed by atoms with Crippen molar-refractivity contribution >= 4 is 5.96 Å². The van der Waals surface area contributed by atoms with Gasteiger partial charge in [0.25, 0.3) is 0 Å². The van der Waals surface area contributed by atoms with E-state index in [1.807, 2.05) is 18.3 Å². The third-order valence-electron chi connectivity index (χ3n) is 3.50. The Morgan fingerprint density at radius 1 is 1.56 bits per heavy atom. The standard InChI is InChI=1S/C14H20N4/c1-2-9-17-13(15)18-11-14(7-5-8-14)12-6-3-4-10-16-12/h2-4,6,10H,1,5,7-9,11H2,(H3,15,17,18). The SMILES string of the molecule is C=CCNC(N)=NCC1(c2ccccn2)CCC1. The molecule has 4 nitrogen and oxygen atoms in total. The third kappa shape index (κ3) is 2.70. The number of pyridine rings is 1. The summed E-state index contributed by atoms with van der Waals surface area (Å²) in [5, 5.41) is 2.99. The van der Waals surface area contributed by atoms with Gasteiger partial charge in [-0.3, -0.25) is 9.98 Å². The lowest BCUT2D eigenvalue weighted by atomic mass is 9.66. The molecule has 18 heavy (non-hydrogen) atoms. The van der Waals surface area contributed by atoms with Gasteiger partial charge in [0.1, 0.15) is 0 Å². The number of hydrogen-bond donors (Lipinski definition) is 2. The summed E-state index contributed by atoms with van der Waals surface area (Å²) >= 11 is 0. The molecule has 1 aromatic heterocycles. The zero-order valence-electron chi connectivity index (χ0n) is 10.6. The summed E-state index contributed by atoms with van der Waals surface area (Å²) in [7, 11) is 0. The van der Waals surface area contributed by atoms with Crippen LogP contribution in [-0.2, 0) is 5.41 Å². The van der Waals surface area contributed by atoms with Crippen molar-refractivity contribution < 1.29 is 0 Å². The minimum Gasteiger partial charge on any atom is -0.370 e. The van der Waals surface area contributed by atoms with E-state index in [1.54, 1.807) is 6.08 Å². The van der Waals surface area contributed by atoms with Crippen LogP contribution in [0.5, 0.6) is 0 Å². The molecule has 0 radical (unpaired) electrons. The van der Waals surface area contributed by atoms with Crippen LogP contribution in [0.1, 0.15) is 25.0 Å². The monoisotopic (exact) mass is 244 g/mol. The molecular formula is C14H20N4. The van der Waals surface area contributed by atoms with E-state index in [4.69, 9.17) is 5.73 Å². The Balaban J connectivity index is 2.03. The van der Waals surface area contributed by atoms with E-state index < -0.39 is 0 Å². The number of guanidine groups is 1. The first-order valence-corrected chi connectivity index (χ1v) is 6.33. The van der Waals surface area contributed by atoms with Gasteiger partial charge in [-0.25, -0.2) is 0 Å². The van der Waals surface area contributed by atoms with E-state index in [1.165, 1.54) is 6.42 Å². The molecule has 0 spiro atoms. The Morgan fingerprint density at radius 2 is 2.39 bits per heavy atom. The van der Waals surface area contributed by atoms with Crippen molar-refractivity contribution in [3.05, 3.63) is 42.7 Å². The maximum atomic E-state index is 5.79. The van der Waals surface area contributed by atoms with Crippen LogP contribution in [0.25, 0.3) is 0 Å². The van der Waals surface area contributed by atoms with Gasteiger partial charge in [-0.1, -0.05) is 18.6 Å². The molecule has 0 saturated heterocycles. The van der Waals surface area contributed by atoms with Gasteiger partial charge in [-0.05, 0) is 25.0 Å². The number of rotatable bonds is 5. The highest BCUT2D eigenvalue weighted by atomic mass is 15.1. The smallest absolute Gasteiger partial charge is 0.188 e. The van der Waals surface area contributed by atoms with Crippen LogP contribution in [0.15, 0.2) is 42.0 Å². The van der Waals surface area contributed by atoms with E-state index in [0.29, 0.717) is 19.0 Å². The zero-order valence-corrected chi connectivity index (χ0v) is 10.6. The van der Waals surface area contributed by atoms with Crippen molar-refractivity contribution in [2.45, 2.75) is 24.7 Å². The molecule has 0 unspecified atom stereocenters. The summed E-state index contributed by atoms with van der Waals surface area (Å²) in [6.07, 6.45) is 7.13. The average molecular weight is 244 g/mol. The van der Waals surface area contributed by atoms with Gasteiger partial charge in [0, 0.05) is 23.9 Å². The van der Waals surface area contributed by atoms with Crippen molar-refractivity contribution in [2.24, 2.45) is 10.7 Å². The highest BCUT2D eigenvalue weighted by molar-refractivity contribution is 5.78. The molecule has 1 saturated carbocycles. The predicted molar refractivity (Wildman–Crippen MR) is 74.5 cm³/mol. The van der Waals surface area contributed by atoms with Gasteiger partial charge in [0.15, 0.2) is 5.96 Å². The number of nitrogens with one attached hydrogen (secondary N) is 1. The zero-order chi connectivity index (χ0) is 12.8. The molecule has 1 fully saturated rings. The average Bonchev–Trinajstić information content (AvgIpc) is 2.36. The number of aromatic nitrogens is 1. The van der Waals surface area contributed by atoms with Crippen LogP contribution in [0.4, 0.5) is 0 Å². The second-order valence-electron chi connectivity index (χ2n) is 4.72. The molecule has 0 amide bonds. The summed E-state index contributed by atoms with van der Waals surface area (Å²) in [6.45, 7) is 4.99. The summed E-state index contributed by atoms with van der Waals surface area (Å²) in [5.41, 5.74) is 7.03. The van der Waals surface area contributed by atoms with Gasteiger partial charge in [-0.15, -0.1) is 6.58 Å². The second-order valence-corrected chi connectivity index (χ2v) is 4.72. The first-order chi connectivity index (χ1) is 8.77. The van der Waals surface area contributed by atoms with Crippen molar-refractivity contribution in [1.82, 2.24) is 10.3 Å². The highest BCUT2D eigenvalue weighted by Crippen LogP contribution is 2.42. The molecule has 1 heterocycles. The Kier molecular flexibility index (Phi) is 3.97. The van der Waals surface area contributed by atoms with Crippen molar-refractivity contribution in [1.29, 1.82) is 0 Å². The summed E-state index contributed by atoms with van der Waals surface area (Å²) in [4.78, 5) is 8.89. The van der Waals surface area contributed by atoms with Gasteiger partial charge in [0.2, 0.25) is 0 Å². The largest absolute Gasteiger partial charge is 0.370 e. The quantitative estimate of drug-likeness (QED) is 0.470. The number of aliphatic imine (C=N–C) groups is 1. The molecule has 0 aliphatic heterocycles. The molecule has 1 aliphatic rings. The molecule has 1 aromatic rings. The fraction of sp³-hybridized carbons (Fsp3) is 0.429. The van der Waals surface area contributed by atoms with Gasteiger partial charge in [-0.2, -0.15) is 0 Å². The van der Waals surface area contributed by atoms with Crippen LogP contribution in [-0.4, -0.2) is 24.0 Å². The van der Waals surface area contributed by atoms with E-state index in [-0.39, 0.29) is 5.41 Å². The lowest BCUT2D eigenvalue weighted by molar-refractivity contribution is 0.246. The summed E-state index contributed by atoms with van der Waals surface area (Å²) < 4.78 is 0. The Morgan fingerprint density at radius 3 is 2.94 bits per heavy atom. The van der Waals surface area contributed by atoms with Gasteiger partial charge >= 0.3 is 0 Å². The van der Waals surface area contributed by atoms with Crippen LogP contribution in [0.3, 0.4) is 0 Å². The lowest BCUT2D eigenvalue weighted by Gasteiger charge is -2.40. The lowest BCUT2D eigenvalue weighted by Crippen LogP contribution is -2.40. The van der Waals surface area contributed by atoms with Crippen LogP contribution in [0, 0.1) is 0 Å². The maximum absolute atomic E-state index is 5.79. The first-order valence-electron chi connectivity index (χ1n) is 6.33. The minimum absolute atomic E-state index is 0.0989. The number of nitrogens with two attached hydrogens (primary N) is 1. The second kappa shape index (κ2) is 5.67. The molecule has 2 rings (SSSR count). The molecule has 4 heteroatoms. The van der Waals surface area contributed by atoms with Gasteiger partial charge in [0.05, 0.1) is 6.54 Å². The fourth-order valence-electron chi connectivity index (χ4n) is 2.24. The number of nitrogens with zero attached hydrogens (tertiary/aromatic N) is 2. The summed E-state index contributed by atoms with van der Waals surface area (Å²) in [6, 6.07) is 6.06. The Hall–Kier alpha value is -1.84. The predicted octanol–water partition coefficient (Wildman–Crippen LogP) is 1.59. The topological polar surface area (TPSA) is 63.3 Å². The van der Waals surface area contributed by atoms with Crippen LogP contribution < -0.4 is 11.1 Å². The first kappa shape index (κ1) is 12.6. The molecule has 0 atom stereocenters. The van der Waals surface area contributed by atoms with Crippen LogP contribution in [0.2, 0.25) is 0 Å². The highest BCUT2D eigenvalue weighted by Gasteiger charge is 2.39. The van der Waals surface area contributed by atoms with Gasteiger partial charge < -0.3 is 11.1 Å². The van der Waals surface area contributed by atoms with Crippen molar-refractivity contribution in [2.75, 3.05) is 13.1 Å². The maximum Gasteiger partial charge on any atom is 0.188 e. The normalized spacial score (nSPS) is 17.9. The Labute approximate surface area is 108 Å². The van der Waals surface area contributed by atoms with Crippen LogP contribution >= 0.6 is 0 Å². The van der Waals surface area contributed by atoms with E-state index in [0.717, 1.165) is 18.5 Å². The molecule has 0 bridgehead atoms. The molecule has 3 N–H and O–H groups in total. The fourth-order valence-corrected chi connectivity index (χ4v) is 2.24. The minimum atomic E-state index is 0.0989. The van der Waals surface area contributed by atoms with E-state index in [2.05, 4.69) is 27.9 Å². The Bertz CT molecular complexity index is 421. The van der Waals surface area contributed by atoms with E-state index in [9.17, 15) is 0 Å². The summed E-state index contributed by atoms with van der Waals surface area (Å²) in [5.74, 6) is 0.483.